The minimum absolute atomic E-state index is 0.416. The summed E-state index contributed by atoms with van der Waals surface area (Å²) in [4.78, 5) is 4.42. The van der Waals surface area contributed by atoms with E-state index in [1.807, 2.05) is 19.0 Å². The van der Waals surface area contributed by atoms with Crippen LogP contribution in [0, 0.1) is 6.67 Å². The van der Waals surface area contributed by atoms with E-state index in [0.29, 0.717) is 12.1 Å². The molecule has 2 aromatic rings. The van der Waals surface area contributed by atoms with E-state index in [0.717, 1.165) is 0 Å². The van der Waals surface area contributed by atoms with Crippen molar-refractivity contribution in [2.75, 3.05) is 14.1 Å². The van der Waals surface area contributed by atoms with E-state index in [2.05, 4.69) is 72.2 Å². The first-order valence-corrected chi connectivity index (χ1v) is 7.57. The van der Waals surface area contributed by atoms with Crippen LogP contribution in [0.4, 0.5) is 0 Å². The molecule has 1 saturated heterocycles. The molecule has 0 unspecified atom stereocenters. The summed E-state index contributed by atoms with van der Waals surface area (Å²) in [5, 5.41) is 0. The summed E-state index contributed by atoms with van der Waals surface area (Å²) in [7, 11) is 4.09. The van der Waals surface area contributed by atoms with Crippen LogP contribution < -0.4 is 0 Å². The molecule has 0 amide bonds. The first-order valence-electron chi connectivity index (χ1n) is 7.57. The molecule has 1 heterocycles. The largest absolute Gasteiger partial charge is 0.286 e. The van der Waals surface area contributed by atoms with E-state index < -0.39 is 0 Å². The number of nitrogens with zero attached hydrogens (tertiary/aromatic N) is 2. The lowest BCUT2D eigenvalue weighted by atomic mass is 10.0. The van der Waals surface area contributed by atoms with E-state index in [1.165, 1.54) is 24.0 Å². The lowest BCUT2D eigenvalue weighted by Crippen LogP contribution is -2.30. The molecule has 2 heteroatoms. The van der Waals surface area contributed by atoms with Gasteiger partial charge in [0.15, 0.2) is 0 Å². The van der Waals surface area contributed by atoms with Crippen molar-refractivity contribution in [1.29, 1.82) is 0 Å². The van der Waals surface area contributed by atoms with Crippen LogP contribution in [0.15, 0.2) is 60.7 Å². The summed E-state index contributed by atoms with van der Waals surface area (Å²) >= 11 is 0. The van der Waals surface area contributed by atoms with Crippen molar-refractivity contribution in [3.8, 4) is 0 Å². The Kier molecular flexibility index (Phi) is 4.37. The maximum atomic E-state index is 3.51. The van der Waals surface area contributed by atoms with E-state index in [1.54, 1.807) is 0 Å². The van der Waals surface area contributed by atoms with E-state index in [-0.39, 0.29) is 0 Å². The molecule has 2 nitrogen and oxygen atoms in total. The highest BCUT2D eigenvalue weighted by molar-refractivity contribution is 5.26. The van der Waals surface area contributed by atoms with Gasteiger partial charge in [0.25, 0.3) is 0 Å². The third-order valence-corrected chi connectivity index (χ3v) is 4.07. The molecule has 0 aliphatic carbocycles. The predicted molar refractivity (Wildman–Crippen MR) is 86.4 cm³/mol. The molecule has 2 atom stereocenters. The van der Waals surface area contributed by atoms with Crippen LogP contribution in [-0.4, -0.2) is 23.9 Å². The Morgan fingerprint density at radius 1 is 0.810 bits per heavy atom. The Bertz CT molecular complexity index is 503. The van der Waals surface area contributed by atoms with Gasteiger partial charge in [-0.3, -0.25) is 9.80 Å². The molecule has 0 aromatic heterocycles. The summed E-state index contributed by atoms with van der Waals surface area (Å²) in [5.41, 5.74) is 2.76. The van der Waals surface area contributed by atoms with Crippen LogP contribution in [-0.2, 0) is 0 Å². The number of rotatable bonds is 4. The minimum Gasteiger partial charge on any atom is -0.286 e. The maximum Gasteiger partial charge on any atom is 0.147 e. The highest BCUT2D eigenvalue weighted by Crippen LogP contribution is 2.44. The van der Waals surface area contributed by atoms with Crippen molar-refractivity contribution >= 4 is 0 Å². The van der Waals surface area contributed by atoms with Crippen molar-refractivity contribution in [2.24, 2.45) is 0 Å². The fourth-order valence-electron chi connectivity index (χ4n) is 3.19. The summed E-state index contributed by atoms with van der Waals surface area (Å²) in [6, 6.07) is 22.4. The lowest BCUT2D eigenvalue weighted by Gasteiger charge is -2.31. The first-order chi connectivity index (χ1) is 10.3. The molecule has 2 radical (unpaired) electrons. The SMILES string of the molecule is CN(C)[C]N1[C@@H](c2ccccc2)CC[C@@H]1c1ccccc1. The maximum absolute atomic E-state index is 3.51. The van der Waals surface area contributed by atoms with Crippen LogP contribution in [0.3, 0.4) is 0 Å². The van der Waals surface area contributed by atoms with Gasteiger partial charge in [-0.1, -0.05) is 60.7 Å². The molecule has 3 rings (SSSR count). The molecule has 21 heavy (non-hydrogen) atoms. The van der Waals surface area contributed by atoms with Crippen LogP contribution >= 0.6 is 0 Å². The topological polar surface area (TPSA) is 6.48 Å². The number of benzene rings is 2. The zero-order valence-electron chi connectivity index (χ0n) is 12.7. The smallest absolute Gasteiger partial charge is 0.147 e. The van der Waals surface area contributed by atoms with Crippen LogP contribution in [0.2, 0.25) is 0 Å². The summed E-state index contributed by atoms with van der Waals surface area (Å²) in [5.74, 6) is 0. The van der Waals surface area contributed by atoms with Gasteiger partial charge in [-0.25, -0.2) is 0 Å². The third kappa shape index (κ3) is 3.17. The third-order valence-electron chi connectivity index (χ3n) is 4.07. The predicted octanol–water partition coefficient (Wildman–Crippen LogP) is 4.12. The van der Waals surface area contributed by atoms with Gasteiger partial charge >= 0.3 is 0 Å². The van der Waals surface area contributed by atoms with Gasteiger partial charge in [-0.05, 0) is 38.1 Å². The summed E-state index contributed by atoms with van der Waals surface area (Å²) in [6.45, 7) is 3.51. The molecular weight excluding hydrogens is 256 g/mol. The van der Waals surface area contributed by atoms with Gasteiger partial charge < -0.3 is 0 Å². The number of likely N-dealkylation sites (tertiary alicyclic amines) is 1. The second kappa shape index (κ2) is 6.42. The quantitative estimate of drug-likeness (QED) is 0.776. The van der Waals surface area contributed by atoms with Gasteiger partial charge in [0.05, 0.1) is 0 Å². The monoisotopic (exact) mass is 278 g/mol. The Morgan fingerprint density at radius 2 is 1.24 bits per heavy atom. The van der Waals surface area contributed by atoms with Crippen LogP contribution in [0.25, 0.3) is 0 Å². The van der Waals surface area contributed by atoms with E-state index >= 15 is 0 Å². The Balaban J connectivity index is 1.89. The summed E-state index contributed by atoms with van der Waals surface area (Å²) < 4.78 is 0. The Hall–Kier alpha value is -1.64. The zero-order valence-corrected chi connectivity index (χ0v) is 12.7. The number of hydrogen-bond donors (Lipinski definition) is 0. The van der Waals surface area contributed by atoms with Gasteiger partial charge in [-0.15, -0.1) is 0 Å². The molecule has 1 aliphatic rings. The molecule has 0 bridgehead atoms. The van der Waals surface area contributed by atoms with Crippen LogP contribution in [0.1, 0.15) is 36.1 Å². The molecule has 1 fully saturated rings. The zero-order chi connectivity index (χ0) is 14.7. The Labute approximate surface area is 128 Å². The fourth-order valence-corrected chi connectivity index (χ4v) is 3.19. The van der Waals surface area contributed by atoms with Crippen LogP contribution in [0.5, 0.6) is 0 Å². The highest BCUT2D eigenvalue weighted by Gasteiger charge is 2.35. The molecule has 108 valence electrons. The van der Waals surface area contributed by atoms with Crippen molar-refractivity contribution in [3.63, 3.8) is 0 Å². The molecule has 0 N–H and O–H groups in total. The standard InChI is InChI=1S/C19H22N2/c1-20(2)15-21-18(16-9-5-3-6-10-16)13-14-19(21)17-11-7-4-8-12-17/h3-12,18-19H,13-14H2,1-2H3/t18-,19-/m1/s1. The van der Waals surface area contributed by atoms with Crippen molar-refractivity contribution in [2.45, 2.75) is 24.9 Å². The Morgan fingerprint density at radius 3 is 1.62 bits per heavy atom. The molecule has 0 saturated carbocycles. The minimum atomic E-state index is 0.416. The fraction of sp³-hybridized carbons (Fsp3) is 0.316. The second-order valence-corrected chi connectivity index (χ2v) is 5.83. The van der Waals surface area contributed by atoms with Gasteiger partial charge in [0, 0.05) is 12.1 Å². The average molecular weight is 278 g/mol. The average Bonchev–Trinajstić information content (AvgIpc) is 2.92. The van der Waals surface area contributed by atoms with E-state index in [4.69, 9.17) is 0 Å². The molecule has 2 aromatic carbocycles. The second-order valence-electron chi connectivity index (χ2n) is 5.83. The van der Waals surface area contributed by atoms with Gasteiger partial charge in [0.2, 0.25) is 0 Å². The van der Waals surface area contributed by atoms with Gasteiger partial charge in [-0.2, -0.15) is 0 Å². The highest BCUT2D eigenvalue weighted by atomic mass is 15.3. The first kappa shape index (κ1) is 14.3. The molecule has 1 aliphatic heterocycles. The van der Waals surface area contributed by atoms with Gasteiger partial charge in [0.1, 0.15) is 6.67 Å². The van der Waals surface area contributed by atoms with Crippen molar-refractivity contribution in [3.05, 3.63) is 78.5 Å². The normalized spacial score (nSPS) is 22.8. The lowest BCUT2D eigenvalue weighted by molar-refractivity contribution is 0.181. The summed E-state index contributed by atoms with van der Waals surface area (Å²) in [6.07, 6.45) is 2.34. The molecular formula is C19H22N2. The van der Waals surface area contributed by atoms with E-state index in [9.17, 15) is 0 Å². The van der Waals surface area contributed by atoms with Crippen molar-refractivity contribution < 1.29 is 0 Å². The number of hydrogen-bond acceptors (Lipinski definition) is 2. The van der Waals surface area contributed by atoms with Crippen molar-refractivity contribution in [1.82, 2.24) is 9.80 Å². The molecule has 0 spiro atoms.